The van der Waals surface area contributed by atoms with Crippen LogP contribution in [-0.4, -0.2) is 23.6 Å². The van der Waals surface area contributed by atoms with Gasteiger partial charge in [-0.05, 0) is 37.1 Å². The zero-order chi connectivity index (χ0) is 16.5. The van der Waals surface area contributed by atoms with Gasteiger partial charge in [-0.3, -0.25) is 0 Å². The van der Waals surface area contributed by atoms with E-state index in [1.165, 1.54) is 0 Å². The molecule has 3 nitrogen and oxygen atoms in total. The summed E-state index contributed by atoms with van der Waals surface area (Å²) >= 11 is 5.99. The van der Waals surface area contributed by atoms with Gasteiger partial charge in [0.05, 0.1) is 12.7 Å². The summed E-state index contributed by atoms with van der Waals surface area (Å²) in [5.74, 6) is -0.609. The summed E-state index contributed by atoms with van der Waals surface area (Å²) in [6, 6.07) is 16.9. The Morgan fingerprint density at radius 2 is 1.70 bits per heavy atom. The van der Waals surface area contributed by atoms with E-state index < -0.39 is 11.4 Å². The minimum atomic E-state index is -1.15. The van der Waals surface area contributed by atoms with Crippen molar-refractivity contribution in [2.45, 2.75) is 37.8 Å². The summed E-state index contributed by atoms with van der Waals surface area (Å²) in [6.07, 6.45) is 0.244. The molecule has 2 aromatic rings. The molecule has 122 valence electrons. The van der Waals surface area contributed by atoms with Gasteiger partial charge in [-0.15, -0.1) is 0 Å². The van der Waals surface area contributed by atoms with Gasteiger partial charge in [-0.2, -0.15) is 0 Å². The zero-order valence-electron chi connectivity index (χ0n) is 13.3. The van der Waals surface area contributed by atoms with Crippen LogP contribution in [0.3, 0.4) is 0 Å². The largest absolute Gasteiger partial charge is 0.380 e. The van der Waals surface area contributed by atoms with E-state index in [4.69, 9.17) is 21.1 Å². The number of aliphatic hydroxyl groups is 1. The van der Waals surface area contributed by atoms with E-state index in [1.54, 1.807) is 12.1 Å². The fourth-order valence-corrected chi connectivity index (χ4v) is 3.16. The zero-order valence-corrected chi connectivity index (χ0v) is 14.1. The molecule has 1 fully saturated rings. The smallest absolute Gasteiger partial charge is 0.163 e. The van der Waals surface area contributed by atoms with Crippen molar-refractivity contribution in [2.75, 3.05) is 6.61 Å². The molecule has 0 aliphatic carbocycles. The third-order valence-corrected chi connectivity index (χ3v) is 4.42. The van der Waals surface area contributed by atoms with Gasteiger partial charge in [-0.1, -0.05) is 54.1 Å². The molecule has 1 N–H and O–H groups in total. The van der Waals surface area contributed by atoms with E-state index in [0.717, 1.165) is 11.1 Å². The Morgan fingerprint density at radius 1 is 1.09 bits per heavy atom. The highest BCUT2D eigenvalue weighted by Crippen LogP contribution is 2.38. The van der Waals surface area contributed by atoms with Crippen LogP contribution in [0.1, 0.15) is 31.4 Å². The fraction of sp³-hybridized carbons (Fsp3) is 0.368. The second-order valence-electron chi connectivity index (χ2n) is 6.39. The number of halogens is 1. The minimum Gasteiger partial charge on any atom is -0.380 e. The van der Waals surface area contributed by atoms with Gasteiger partial charge in [0, 0.05) is 11.4 Å². The number of hydrogen-bond acceptors (Lipinski definition) is 3. The Labute approximate surface area is 141 Å². The van der Waals surface area contributed by atoms with Gasteiger partial charge in [-0.25, -0.2) is 0 Å². The van der Waals surface area contributed by atoms with E-state index in [9.17, 15) is 5.11 Å². The van der Waals surface area contributed by atoms with Gasteiger partial charge in [0.1, 0.15) is 5.60 Å². The molecule has 1 heterocycles. The molecular formula is C19H21ClO3. The highest BCUT2D eigenvalue weighted by atomic mass is 35.5. The highest BCUT2D eigenvalue weighted by Gasteiger charge is 2.40. The Hall–Kier alpha value is -1.39. The van der Waals surface area contributed by atoms with Gasteiger partial charge in [0.2, 0.25) is 0 Å². The molecule has 3 rings (SSSR count). The molecule has 1 aliphatic rings. The third kappa shape index (κ3) is 3.59. The van der Waals surface area contributed by atoms with Crippen molar-refractivity contribution in [3.05, 3.63) is 70.7 Å². The molecule has 2 unspecified atom stereocenters. The van der Waals surface area contributed by atoms with Crippen molar-refractivity contribution in [3.63, 3.8) is 0 Å². The first-order valence-electron chi connectivity index (χ1n) is 7.75. The highest BCUT2D eigenvalue weighted by molar-refractivity contribution is 6.30. The van der Waals surface area contributed by atoms with Crippen LogP contribution in [0.4, 0.5) is 0 Å². The molecule has 4 heteroatoms. The van der Waals surface area contributed by atoms with Crippen LogP contribution >= 0.6 is 11.6 Å². The topological polar surface area (TPSA) is 38.7 Å². The molecular weight excluding hydrogens is 312 g/mol. The average Bonchev–Trinajstić information content (AvgIpc) is 2.87. The summed E-state index contributed by atoms with van der Waals surface area (Å²) in [4.78, 5) is 0. The summed E-state index contributed by atoms with van der Waals surface area (Å²) in [5, 5.41) is 12.1. The van der Waals surface area contributed by atoms with Gasteiger partial charge in [0.25, 0.3) is 0 Å². The van der Waals surface area contributed by atoms with E-state index in [1.807, 2.05) is 56.3 Å². The van der Waals surface area contributed by atoms with E-state index in [0.29, 0.717) is 18.1 Å². The van der Waals surface area contributed by atoms with Crippen molar-refractivity contribution in [1.82, 2.24) is 0 Å². The van der Waals surface area contributed by atoms with Crippen LogP contribution in [0.2, 0.25) is 5.02 Å². The lowest BCUT2D eigenvalue weighted by Crippen LogP contribution is -2.34. The maximum atomic E-state index is 11.5. The van der Waals surface area contributed by atoms with E-state index >= 15 is 0 Å². The third-order valence-electron chi connectivity index (χ3n) is 4.16. The summed E-state index contributed by atoms with van der Waals surface area (Å²) < 4.78 is 11.5. The summed E-state index contributed by atoms with van der Waals surface area (Å²) in [5.41, 5.74) is 0.470. The van der Waals surface area contributed by atoms with Gasteiger partial charge >= 0.3 is 0 Å². The number of rotatable bonds is 4. The maximum Gasteiger partial charge on any atom is 0.163 e. The molecule has 23 heavy (non-hydrogen) atoms. The predicted octanol–water partition coefficient (Wildman–Crippen LogP) is 4.12. The molecule has 0 aromatic heterocycles. The first-order valence-corrected chi connectivity index (χ1v) is 8.13. The number of benzene rings is 2. The Kier molecular flexibility index (Phi) is 4.47. The number of ether oxygens (including phenoxy) is 2. The molecule has 2 atom stereocenters. The normalized spacial score (nSPS) is 22.7. The first-order chi connectivity index (χ1) is 10.9. The lowest BCUT2D eigenvalue weighted by Gasteiger charge is -2.32. The van der Waals surface area contributed by atoms with Crippen LogP contribution in [0.15, 0.2) is 54.6 Å². The van der Waals surface area contributed by atoms with Crippen molar-refractivity contribution in [3.8, 4) is 0 Å². The molecule has 0 bridgehead atoms. The van der Waals surface area contributed by atoms with Crippen LogP contribution in [0.25, 0.3) is 0 Å². The SMILES string of the molecule is CC1(C)OCC(CC(O)(c2ccccc2)c2ccc(Cl)cc2)O1. The lowest BCUT2D eigenvalue weighted by atomic mass is 9.82. The molecule has 2 aromatic carbocycles. The molecule has 1 saturated heterocycles. The second-order valence-corrected chi connectivity index (χ2v) is 6.82. The molecule has 0 radical (unpaired) electrons. The van der Waals surface area contributed by atoms with E-state index in [2.05, 4.69) is 0 Å². The molecule has 0 amide bonds. The Morgan fingerprint density at radius 3 is 2.26 bits per heavy atom. The van der Waals surface area contributed by atoms with Crippen molar-refractivity contribution in [2.24, 2.45) is 0 Å². The van der Waals surface area contributed by atoms with Gasteiger partial charge < -0.3 is 14.6 Å². The van der Waals surface area contributed by atoms with Crippen molar-refractivity contribution >= 4 is 11.6 Å². The average molecular weight is 333 g/mol. The van der Waals surface area contributed by atoms with Crippen molar-refractivity contribution < 1.29 is 14.6 Å². The predicted molar refractivity (Wildman–Crippen MR) is 90.4 cm³/mol. The Balaban J connectivity index is 1.95. The lowest BCUT2D eigenvalue weighted by molar-refractivity contribution is -0.144. The van der Waals surface area contributed by atoms with E-state index in [-0.39, 0.29) is 6.10 Å². The fourth-order valence-electron chi connectivity index (χ4n) is 3.03. The monoisotopic (exact) mass is 332 g/mol. The minimum absolute atomic E-state index is 0.175. The van der Waals surface area contributed by atoms with Crippen molar-refractivity contribution in [1.29, 1.82) is 0 Å². The molecule has 0 spiro atoms. The molecule has 1 aliphatic heterocycles. The molecule has 0 saturated carbocycles. The van der Waals surface area contributed by atoms with Crippen LogP contribution in [0, 0.1) is 0 Å². The summed E-state index contributed by atoms with van der Waals surface area (Å²) in [6.45, 7) is 4.24. The number of hydrogen-bond donors (Lipinski definition) is 1. The Bertz CT molecular complexity index is 654. The van der Waals surface area contributed by atoms with Gasteiger partial charge in [0.15, 0.2) is 5.79 Å². The first kappa shape index (κ1) is 16.5. The summed E-state index contributed by atoms with van der Waals surface area (Å²) in [7, 11) is 0. The van der Waals surface area contributed by atoms with Crippen LogP contribution in [0.5, 0.6) is 0 Å². The second kappa shape index (κ2) is 6.25. The van der Waals surface area contributed by atoms with Crippen LogP contribution in [-0.2, 0) is 15.1 Å². The standard InChI is InChI=1S/C19H21ClO3/c1-18(2)22-13-17(23-18)12-19(21,14-6-4-3-5-7-14)15-8-10-16(20)11-9-15/h3-11,17,21H,12-13H2,1-2H3. The quantitative estimate of drug-likeness (QED) is 0.915. The maximum absolute atomic E-state index is 11.5. The van der Waals surface area contributed by atoms with Crippen LogP contribution < -0.4 is 0 Å².